The number of halogens is 1. The van der Waals surface area contributed by atoms with Crippen molar-refractivity contribution in [1.82, 2.24) is 10.2 Å². The Hall–Kier alpha value is -0.580. The SMILES string of the molecule is COc1ccc(C(C)NC2CCN(C3CC3)CC2)cc1Br. The minimum absolute atomic E-state index is 0.379. The summed E-state index contributed by atoms with van der Waals surface area (Å²) in [5.74, 6) is 0.892. The van der Waals surface area contributed by atoms with Gasteiger partial charge in [0.2, 0.25) is 0 Å². The lowest BCUT2D eigenvalue weighted by Crippen LogP contribution is -2.44. The molecule has 1 aromatic rings. The fraction of sp³-hybridized carbons (Fsp3) is 0.647. The normalized spacial score (nSPS) is 22.2. The van der Waals surface area contributed by atoms with Gasteiger partial charge in [0.25, 0.3) is 0 Å². The number of nitrogens with one attached hydrogen (secondary N) is 1. The van der Waals surface area contributed by atoms with Crippen LogP contribution in [0.5, 0.6) is 5.75 Å². The van der Waals surface area contributed by atoms with Crippen molar-refractivity contribution in [3.63, 3.8) is 0 Å². The Labute approximate surface area is 136 Å². The molecule has 0 spiro atoms. The van der Waals surface area contributed by atoms with Crippen LogP contribution in [0, 0.1) is 0 Å². The monoisotopic (exact) mass is 352 g/mol. The summed E-state index contributed by atoms with van der Waals surface area (Å²) < 4.78 is 6.32. The second kappa shape index (κ2) is 6.67. The molecule has 21 heavy (non-hydrogen) atoms. The molecule has 1 saturated heterocycles. The molecule has 3 rings (SSSR count). The van der Waals surface area contributed by atoms with Crippen molar-refractivity contribution in [1.29, 1.82) is 0 Å². The summed E-state index contributed by atoms with van der Waals surface area (Å²) >= 11 is 3.57. The number of nitrogens with zero attached hydrogens (tertiary/aromatic N) is 1. The largest absolute Gasteiger partial charge is 0.496 e. The zero-order valence-electron chi connectivity index (χ0n) is 12.9. The Kier molecular flexibility index (Phi) is 4.87. The molecule has 1 unspecified atom stereocenters. The first kappa shape index (κ1) is 15.3. The third-order valence-electron chi connectivity index (χ3n) is 4.75. The maximum absolute atomic E-state index is 5.30. The van der Waals surface area contributed by atoms with Crippen LogP contribution >= 0.6 is 15.9 Å². The lowest BCUT2D eigenvalue weighted by Gasteiger charge is -2.34. The summed E-state index contributed by atoms with van der Waals surface area (Å²) in [6, 6.07) is 8.30. The Morgan fingerprint density at radius 1 is 1.24 bits per heavy atom. The van der Waals surface area contributed by atoms with E-state index in [0.29, 0.717) is 12.1 Å². The highest BCUT2D eigenvalue weighted by Gasteiger charge is 2.31. The fourth-order valence-corrected chi connectivity index (χ4v) is 3.83. The van der Waals surface area contributed by atoms with E-state index in [-0.39, 0.29) is 0 Å². The first-order chi connectivity index (χ1) is 10.2. The van der Waals surface area contributed by atoms with Crippen molar-refractivity contribution in [2.75, 3.05) is 20.2 Å². The second-order valence-electron chi connectivity index (χ2n) is 6.32. The van der Waals surface area contributed by atoms with E-state index in [1.165, 1.54) is 44.3 Å². The Morgan fingerprint density at radius 2 is 1.95 bits per heavy atom. The van der Waals surface area contributed by atoms with E-state index < -0.39 is 0 Å². The van der Waals surface area contributed by atoms with Gasteiger partial charge in [-0.15, -0.1) is 0 Å². The van der Waals surface area contributed by atoms with Gasteiger partial charge in [0.05, 0.1) is 11.6 Å². The molecule has 0 bridgehead atoms. The van der Waals surface area contributed by atoms with Gasteiger partial charge in [-0.05, 0) is 79.3 Å². The molecule has 116 valence electrons. The molecular formula is C17H25BrN2O. The predicted molar refractivity (Wildman–Crippen MR) is 89.9 cm³/mol. The van der Waals surface area contributed by atoms with E-state index in [4.69, 9.17) is 4.74 Å². The van der Waals surface area contributed by atoms with Gasteiger partial charge in [-0.25, -0.2) is 0 Å². The molecule has 2 fully saturated rings. The van der Waals surface area contributed by atoms with Crippen molar-refractivity contribution in [3.05, 3.63) is 28.2 Å². The molecule has 1 aliphatic heterocycles. The van der Waals surface area contributed by atoms with Gasteiger partial charge in [0.15, 0.2) is 0 Å². The topological polar surface area (TPSA) is 24.5 Å². The summed E-state index contributed by atoms with van der Waals surface area (Å²) in [6.07, 6.45) is 5.40. The lowest BCUT2D eigenvalue weighted by molar-refractivity contribution is 0.184. The third-order valence-corrected chi connectivity index (χ3v) is 5.37. The number of rotatable bonds is 5. The van der Waals surface area contributed by atoms with Crippen molar-refractivity contribution in [2.24, 2.45) is 0 Å². The summed E-state index contributed by atoms with van der Waals surface area (Å²) in [6.45, 7) is 4.78. The molecule has 1 N–H and O–H groups in total. The number of ether oxygens (including phenoxy) is 1. The first-order valence-electron chi connectivity index (χ1n) is 8.01. The number of piperidine rings is 1. The molecule has 0 radical (unpaired) electrons. The smallest absolute Gasteiger partial charge is 0.133 e. The molecule has 0 amide bonds. The van der Waals surface area contributed by atoms with Crippen molar-refractivity contribution >= 4 is 15.9 Å². The third kappa shape index (κ3) is 3.79. The van der Waals surface area contributed by atoms with Gasteiger partial charge < -0.3 is 15.0 Å². The molecule has 1 saturated carbocycles. The van der Waals surface area contributed by atoms with E-state index >= 15 is 0 Å². The van der Waals surface area contributed by atoms with Gasteiger partial charge in [-0.2, -0.15) is 0 Å². The van der Waals surface area contributed by atoms with Crippen LogP contribution < -0.4 is 10.1 Å². The molecule has 1 aromatic carbocycles. The van der Waals surface area contributed by atoms with Gasteiger partial charge >= 0.3 is 0 Å². The van der Waals surface area contributed by atoms with Crippen LogP contribution in [-0.2, 0) is 0 Å². The van der Waals surface area contributed by atoms with Gasteiger partial charge in [-0.1, -0.05) is 6.07 Å². The second-order valence-corrected chi connectivity index (χ2v) is 7.18. The molecule has 1 aliphatic carbocycles. The summed E-state index contributed by atoms with van der Waals surface area (Å²) in [5.41, 5.74) is 1.31. The molecule has 3 nitrogen and oxygen atoms in total. The molecule has 0 aromatic heterocycles. The average Bonchev–Trinajstić information content (AvgIpc) is 3.32. The summed E-state index contributed by atoms with van der Waals surface area (Å²) in [5, 5.41) is 3.79. The number of hydrogen-bond acceptors (Lipinski definition) is 3. The standard InChI is InChI=1S/C17H25BrN2O/c1-12(13-3-6-17(21-2)16(18)11-13)19-14-7-9-20(10-8-14)15-4-5-15/h3,6,11-12,14-15,19H,4-5,7-10H2,1-2H3. The van der Waals surface area contributed by atoms with E-state index in [9.17, 15) is 0 Å². The number of hydrogen-bond donors (Lipinski definition) is 1. The zero-order chi connectivity index (χ0) is 14.8. The molecule has 1 heterocycles. The van der Waals surface area contributed by atoms with Crippen LogP contribution in [0.4, 0.5) is 0 Å². The quantitative estimate of drug-likeness (QED) is 0.873. The number of methoxy groups -OCH3 is 1. The van der Waals surface area contributed by atoms with Crippen LogP contribution in [0.3, 0.4) is 0 Å². The van der Waals surface area contributed by atoms with Crippen LogP contribution in [0.15, 0.2) is 22.7 Å². The van der Waals surface area contributed by atoms with Crippen molar-refractivity contribution in [2.45, 2.75) is 50.7 Å². The summed E-state index contributed by atoms with van der Waals surface area (Å²) in [7, 11) is 1.70. The Morgan fingerprint density at radius 3 is 2.52 bits per heavy atom. The van der Waals surface area contributed by atoms with E-state index in [1.54, 1.807) is 7.11 Å². The number of benzene rings is 1. The minimum Gasteiger partial charge on any atom is -0.496 e. The average molecular weight is 353 g/mol. The Bertz CT molecular complexity index is 482. The van der Waals surface area contributed by atoms with Crippen LogP contribution in [0.1, 0.15) is 44.2 Å². The van der Waals surface area contributed by atoms with Crippen molar-refractivity contribution in [3.8, 4) is 5.75 Å². The highest BCUT2D eigenvalue weighted by molar-refractivity contribution is 9.10. The first-order valence-corrected chi connectivity index (χ1v) is 8.80. The highest BCUT2D eigenvalue weighted by atomic mass is 79.9. The molecular weight excluding hydrogens is 328 g/mol. The van der Waals surface area contributed by atoms with Gasteiger partial charge in [0, 0.05) is 18.1 Å². The van der Waals surface area contributed by atoms with E-state index in [2.05, 4.69) is 45.2 Å². The van der Waals surface area contributed by atoms with Crippen LogP contribution in [-0.4, -0.2) is 37.2 Å². The predicted octanol–water partition coefficient (Wildman–Crippen LogP) is 3.74. The summed E-state index contributed by atoms with van der Waals surface area (Å²) in [4.78, 5) is 2.67. The van der Waals surface area contributed by atoms with Gasteiger partial charge in [0.1, 0.15) is 5.75 Å². The number of likely N-dealkylation sites (tertiary alicyclic amines) is 1. The molecule has 4 heteroatoms. The van der Waals surface area contributed by atoms with Crippen LogP contribution in [0.25, 0.3) is 0 Å². The van der Waals surface area contributed by atoms with E-state index in [0.717, 1.165) is 16.3 Å². The maximum atomic E-state index is 5.30. The fourth-order valence-electron chi connectivity index (χ4n) is 3.27. The minimum atomic E-state index is 0.379. The maximum Gasteiger partial charge on any atom is 0.133 e. The highest BCUT2D eigenvalue weighted by Crippen LogP contribution is 2.31. The lowest BCUT2D eigenvalue weighted by atomic mass is 10.0. The zero-order valence-corrected chi connectivity index (χ0v) is 14.5. The molecule has 1 atom stereocenters. The van der Waals surface area contributed by atoms with Crippen molar-refractivity contribution < 1.29 is 4.74 Å². The molecule has 2 aliphatic rings. The van der Waals surface area contributed by atoms with Crippen LogP contribution in [0.2, 0.25) is 0 Å². The van der Waals surface area contributed by atoms with Gasteiger partial charge in [-0.3, -0.25) is 0 Å². The van der Waals surface area contributed by atoms with E-state index in [1.807, 2.05) is 6.07 Å². The Balaban J connectivity index is 1.53.